The molecule has 0 amide bonds. The largest absolute Gasteiger partial charge is 0.435 e. The molecule has 0 bridgehead atoms. The molecule has 0 spiro atoms. The Bertz CT molecular complexity index is 3950. The first kappa shape index (κ1) is 44.0. The van der Waals surface area contributed by atoms with E-state index in [1.54, 1.807) is 0 Å². The second kappa shape index (κ2) is 19.0. The molecule has 8 aromatic carbocycles. The molecule has 350 valence electrons. The van der Waals surface area contributed by atoms with Gasteiger partial charge in [-0.05, 0) is 119 Å². The van der Waals surface area contributed by atoms with Crippen LogP contribution in [-0.2, 0) is 0 Å². The van der Waals surface area contributed by atoms with Crippen molar-refractivity contribution in [3.05, 3.63) is 258 Å². The lowest BCUT2D eigenvalue weighted by Crippen LogP contribution is -2.24. The minimum Gasteiger partial charge on any atom is -0.435 e. The van der Waals surface area contributed by atoms with Gasteiger partial charge in [0.15, 0.2) is 11.4 Å². The van der Waals surface area contributed by atoms with Gasteiger partial charge >= 0.3 is 0 Å². The first-order valence-electron chi connectivity index (χ1n) is 25.5. The Morgan fingerprint density at radius 3 is 2.11 bits per heavy atom. The molecular formula is C68H52N4O. The summed E-state index contributed by atoms with van der Waals surface area (Å²) in [5.74, 6) is 1.70. The molecule has 73 heavy (non-hydrogen) atoms. The number of aliphatic imine (C=N–C) groups is 2. The zero-order chi connectivity index (χ0) is 48.7. The average molecular weight is 941 g/mol. The third-order valence-electron chi connectivity index (χ3n) is 14.8. The third-order valence-corrected chi connectivity index (χ3v) is 14.8. The van der Waals surface area contributed by atoms with E-state index in [9.17, 15) is 0 Å². The molecule has 3 heterocycles. The standard InChI is InChI=1S/C68H52N4O/c1-45-56(42-43-60-59-24-13-14-27-64(59)72(65(45)60)55-40-38-50(39-41-55)58-25-15-26-61-66(58)73-68(71-61)54-21-9-4-10-22-54)57-23-12-11-18-49(57)31-28-46-29-32-52(33-30-46)63-44-62(51-19-7-3-8-20-51)69-67(70-63)53-36-34-48(35-37-53)47-16-5-2-6-17-47/h2,4-7,9-29,31-43,46,63H,3,8,30,44H2,1H3/b31-28-. The molecule has 1 aliphatic heterocycles. The van der Waals surface area contributed by atoms with Crippen molar-refractivity contribution in [1.29, 1.82) is 0 Å². The van der Waals surface area contributed by atoms with Crippen LogP contribution >= 0.6 is 0 Å². The lowest BCUT2D eigenvalue weighted by Gasteiger charge is -2.25. The molecule has 0 N–H and O–H groups in total. The number of aryl methyl sites for hydroxylation is 1. The number of hydrogen-bond donors (Lipinski definition) is 0. The van der Waals surface area contributed by atoms with E-state index in [1.807, 2.05) is 36.4 Å². The SMILES string of the molecule is Cc1c(-c2ccccc2/C=C\C2C=CC(C3CC(C4=CCCC=C4)=NC(c4ccc(-c5ccccc5)cc4)=N3)=CC2)ccc2c3ccccc3n(-c3ccc(-c4cccc5nc(-c6ccccc6)oc45)cc3)c12. The highest BCUT2D eigenvalue weighted by Crippen LogP contribution is 2.41. The van der Waals surface area contributed by atoms with E-state index in [1.165, 1.54) is 66.3 Å². The number of para-hydroxylation sites is 2. The van der Waals surface area contributed by atoms with Crippen LogP contribution in [0.1, 0.15) is 42.4 Å². The molecule has 5 heteroatoms. The number of benzene rings is 8. The predicted molar refractivity (Wildman–Crippen MR) is 304 cm³/mol. The highest BCUT2D eigenvalue weighted by molar-refractivity contribution is 6.15. The first-order valence-corrected chi connectivity index (χ1v) is 25.5. The van der Waals surface area contributed by atoms with Crippen molar-refractivity contribution in [2.24, 2.45) is 15.9 Å². The molecule has 2 aromatic heterocycles. The van der Waals surface area contributed by atoms with Crippen molar-refractivity contribution in [3.63, 3.8) is 0 Å². The Labute approximate surface area is 426 Å². The fourth-order valence-corrected chi connectivity index (χ4v) is 11.0. The van der Waals surface area contributed by atoms with Crippen LogP contribution in [0.2, 0.25) is 0 Å². The first-order chi connectivity index (χ1) is 36.1. The van der Waals surface area contributed by atoms with Crippen LogP contribution in [0.4, 0.5) is 0 Å². The van der Waals surface area contributed by atoms with E-state index in [-0.39, 0.29) is 12.0 Å². The van der Waals surface area contributed by atoms with Gasteiger partial charge < -0.3 is 8.98 Å². The van der Waals surface area contributed by atoms with Gasteiger partial charge in [0.05, 0.1) is 22.8 Å². The summed E-state index contributed by atoms with van der Waals surface area (Å²) in [5.41, 5.74) is 20.1. The fraction of sp³-hybridized carbons (Fsp3) is 0.103. The second-order valence-corrected chi connectivity index (χ2v) is 19.3. The highest BCUT2D eigenvalue weighted by atomic mass is 16.3. The maximum absolute atomic E-state index is 6.43. The van der Waals surface area contributed by atoms with Crippen LogP contribution in [0, 0.1) is 12.8 Å². The van der Waals surface area contributed by atoms with E-state index in [2.05, 4.69) is 212 Å². The van der Waals surface area contributed by atoms with E-state index < -0.39 is 0 Å². The number of hydrogen-bond acceptors (Lipinski definition) is 4. The normalized spacial score (nSPS) is 16.8. The number of rotatable bonds is 10. The lowest BCUT2D eigenvalue weighted by molar-refractivity contribution is 0.621. The van der Waals surface area contributed by atoms with Crippen LogP contribution in [0.5, 0.6) is 0 Å². The summed E-state index contributed by atoms with van der Waals surface area (Å²) in [7, 11) is 0. The summed E-state index contributed by atoms with van der Waals surface area (Å²) in [5, 5.41) is 2.48. The van der Waals surface area contributed by atoms with E-state index in [0.29, 0.717) is 5.89 Å². The van der Waals surface area contributed by atoms with Gasteiger partial charge in [-0.3, -0.25) is 4.99 Å². The zero-order valence-electron chi connectivity index (χ0n) is 40.7. The highest BCUT2D eigenvalue weighted by Gasteiger charge is 2.25. The summed E-state index contributed by atoms with van der Waals surface area (Å²) in [6.07, 6.45) is 22.4. The lowest BCUT2D eigenvalue weighted by atomic mass is 9.88. The van der Waals surface area contributed by atoms with Crippen LogP contribution in [0.15, 0.2) is 256 Å². The Hall–Kier alpha value is -8.93. The minimum absolute atomic E-state index is 0.00347. The van der Waals surface area contributed by atoms with Crippen molar-refractivity contribution >= 4 is 50.5 Å². The summed E-state index contributed by atoms with van der Waals surface area (Å²) in [6, 6.07) is 66.6. The maximum Gasteiger partial charge on any atom is 0.227 e. The van der Waals surface area contributed by atoms with Gasteiger partial charge in [0.2, 0.25) is 5.89 Å². The van der Waals surface area contributed by atoms with Gasteiger partial charge in [-0.2, -0.15) is 0 Å². The van der Waals surface area contributed by atoms with Crippen LogP contribution in [0.25, 0.3) is 89.5 Å². The number of aromatic nitrogens is 2. The molecule has 2 aliphatic carbocycles. The molecule has 0 saturated carbocycles. The topological polar surface area (TPSA) is 55.7 Å². The van der Waals surface area contributed by atoms with Crippen molar-refractivity contribution in [1.82, 2.24) is 9.55 Å². The molecule has 0 saturated heterocycles. The third kappa shape index (κ3) is 8.43. The maximum atomic E-state index is 6.43. The van der Waals surface area contributed by atoms with Crippen LogP contribution < -0.4 is 0 Å². The van der Waals surface area contributed by atoms with Crippen LogP contribution in [-0.4, -0.2) is 27.1 Å². The quantitative estimate of drug-likeness (QED) is 0.137. The fourth-order valence-electron chi connectivity index (χ4n) is 11.0. The Balaban J connectivity index is 0.781. The molecule has 3 aliphatic rings. The van der Waals surface area contributed by atoms with E-state index >= 15 is 0 Å². The smallest absolute Gasteiger partial charge is 0.227 e. The Morgan fingerprint density at radius 1 is 0.589 bits per heavy atom. The van der Waals surface area contributed by atoms with E-state index in [0.717, 1.165) is 76.3 Å². The van der Waals surface area contributed by atoms with Gasteiger partial charge in [0.25, 0.3) is 0 Å². The monoisotopic (exact) mass is 940 g/mol. The van der Waals surface area contributed by atoms with Gasteiger partial charge in [-0.25, -0.2) is 9.98 Å². The number of fused-ring (bicyclic) bond motifs is 4. The molecule has 13 rings (SSSR count). The van der Waals surface area contributed by atoms with Gasteiger partial charge in [-0.15, -0.1) is 0 Å². The number of nitrogens with zero attached hydrogens (tertiary/aromatic N) is 4. The summed E-state index contributed by atoms with van der Waals surface area (Å²) in [4.78, 5) is 15.4. The molecular weight excluding hydrogens is 889 g/mol. The predicted octanol–water partition coefficient (Wildman–Crippen LogP) is 17.4. The van der Waals surface area contributed by atoms with Gasteiger partial charge in [0.1, 0.15) is 5.52 Å². The molecule has 0 radical (unpaired) electrons. The number of oxazole rings is 1. The Kier molecular flexibility index (Phi) is 11.5. The van der Waals surface area contributed by atoms with Crippen molar-refractivity contribution in [2.45, 2.75) is 38.6 Å². The van der Waals surface area contributed by atoms with Gasteiger partial charge in [-0.1, -0.05) is 200 Å². The van der Waals surface area contributed by atoms with Crippen molar-refractivity contribution in [2.75, 3.05) is 0 Å². The van der Waals surface area contributed by atoms with E-state index in [4.69, 9.17) is 19.4 Å². The molecule has 2 atom stereocenters. The second-order valence-electron chi connectivity index (χ2n) is 19.3. The van der Waals surface area contributed by atoms with Gasteiger partial charge in [0, 0.05) is 39.6 Å². The summed E-state index contributed by atoms with van der Waals surface area (Å²) in [6.45, 7) is 2.28. The Morgan fingerprint density at radius 2 is 1.32 bits per heavy atom. The summed E-state index contributed by atoms with van der Waals surface area (Å²) < 4.78 is 8.86. The van der Waals surface area contributed by atoms with Crippen LogP contribution in [0.3, 0.4) is 0 Å². The summed E-state index contributed by atoms with van der Waals surface area (Å²) >= 11 is 0. The molecule has 10 aromatic rings. The van der Waals surface area contributed by atoms with Crippen molar-refractivity contribution in [3.8, 4) is 50.5 Å². The molecule has 5 nitrogen and oxygen atoms in total. The molecule has 2 unspecified atom stereocenters. The minimum atomic E-state index is 0.00347. The molecule has 0 fully saturated rings. The average Bonchev–Trinajstić information content (AvgIpc) is 4.06. The number of allylic oxidation sites excluding steroid dienone is 7. The van der Waals surface area contributed by atoms with Crippen molar-refractivity contribution < 1.29 is 4.42 Å². The zero-order valence-corrected chi connectivity index (χ0v) is 40.7. The number of amidine groups is 1.